The maximum Gasteiger partial charge on any atom is 0.269 e. The fraction of sp³-hybridized carbons (Fsp3) is 0.591. The van der Waals surface area contributed by atoms with E-state index in [0.717, 1.165) is 6.42 Å². The molecule has 172 valence electrons. The second-order valence-corrected chi connectivity index (χ2v) is 9.13. The lowest BCUT2D eigenvalue weighted by atomic mass is 9.77. The molecule has 0 aliphatic carbocycles. The minimum Gasteiger partial charge on any atom is -0.369 e. The van der Waals surface area contributed by atoms with Gasteiger partial charge in [-0.25, -0.2) is 0 Å². The van der Waals surface area contributed by atoms with Crippen molar-refractivity contribution in [3.05, 3.63) is 39.9 Å². The Morgan fingerprint density at radius 3 is 2.59 bits per heavy atom. The van der Waals surface area contributed by atoms with Gasteiger partial charge in [-0.1, -0.05) is 12.1 Å². The van der Waals surface area contributed by atoms with Crippen LogP contribution in [0.4, 0.5) is 5.69 Å². The van der Waals surface area contributed by atoms with Gasteiger partial charge in [-0.3, -0.25) is 29.4 Å². The number of nitro groups is 1. The zero-order valence-corrected chi connectivity index (χ0v) is 18.0. The number of hydrogen-bond acceptors (Lipinski definition) is 6. The van der Waals surface area contributed by atoms with Gasteiger partial charge in [0.15, 0.2) is 0 Å². The Labute approximate surface area is 186 Å². The summed E-state index contributed by atoms with van der Waals surface area (Å²) in [7, 11) is 0. The van der Waals surface area contributed by atoms with Crippen molar-refractivity contribution in [3.63, 3.8) is 0 Å². The first-order chi connectivity index (χ1) is 15.3. The van der Waals surface area contributed by atoms with Gasteiger partial charge in [0.25, 0.3) is 5.69 Å². The lowest BCUT2D eigenvalue weighted by Gasteiger charge is -2.41. The monoisotopic (exact) mass is 443 g/mol. The van der Waals surface area contributed by atoms with Crippen LogP contribution >= 0.6 is 0 Å². The number of nitro benzene ring substituents is 1. The number of carbonyl (C=O) groups is 3. The van der Waals surface area contributed by atoms with Gasteiger partial charge in [0.1, 0.15) is 0 Å². The maximum absolute atomic E-state index is 13.1. The summed E-state index contributed by atoms with van der Waals surface area (Å²) in [6.45, 7) is 2.47. The van der Waals surface area contributed by atoms with Crippen molar-refractivity contribution in [1.29, 1.82) is 0 Å². The molecule has 32 heavy (non-hydrogen) atoms. The Bertz CT molecular complexity index is 927. The highest BCUT2D eigenvalue weighted by molar-refractivity contribution is 5.85. The Hall–Kier alpha value is -3.01. The van der Waals surface area contributed by atoms with E-state index in [2.05, 4.69) is 5.32 Å². The Balaban J connectivity index is 1.46. The van der Waals surface area contributed by atoms with E-state index in [-0.39, 0.29) is 47.3 Å². The zero-order valence-electron chi connectivity index (χ0n) is 18.0. The number of rotatable bonds is 5. The van der Waals surface area contributed by atoms with E-state index in [9.17, 15) is 24.5 Å². The third-order valence-corrected chi connectivity index (χ3v) is 7.36. The second-order valence-electron chi connectivity index (χ2n) is 9.13. The summed E-state index contributed by atoms with van der Waals surface area (Å²) >= 11 is 0. The summed E-state index contributed by atoms with van der Waals surface area (Å²) in [6, 6.07) is 6.05. The fourth-order valence-corrected chi connectivity index (χ4v) is 5.31. The first-order valence-electron chi connectivity index (χ1n) is 11.1. The molecule has 0 aromatic heterocycles. The molecule has 3 N–H and O–H groups in total. The van der Waals surface area contributed by atoms with Gasteiger partial charge in [-0.2, -0.15) is 0 Å². The van der Waals surface area contributed by atoms with Gasteiger partial charge in [0, 0.05) is 50.3 Å². The van der Waals surface area contributed by atoms with Crippen molar-refractivity contribution < 1.29 is 19.3 Å². The largest absolute Gasteiger partial charge is 0.369 e. The quantitative estimate of drug-likeness (QED) is 0.513. The SMILES string of the molecule is NC(=O)C1CCN(CC(=O)N2CCC3(CCNC3=O)CC2)C(c2cccc([N+](=O)[O-])c2)C1. The molecule has 0 saturated carbocycles. The summed E-state index contributed by atoms with van der Waals surface area (Å²) in [5, 5.41) is 14.1. The number of non-ortho nitro benzene ring substituents is 1. The van der Waals surface area contributed by atoms with E-state index in [0.29, 0.717) is 57.4 Å². The molecule has 3 aliphatic rings. The van der Waals surface area contributed by atoms with Crippen molar-refractivity contribution in [1.82, 2.24) is 15.1 Å². The lowest BCUT2D eigenvalue weighted by molar-refractivity contribution is -0.385. The maximum atomic E-state index is 13.1. The van der Waals surface area contributed by atoms with Crippen LogP contribution in [0.5, 0.6) is 0 Å². The summed E-state index contributed by atoms with van der Waals surface area (Å²) in [5.74, 6) is -0.640. The van der Waals surface area contributed by atoms with E-state index in [1.807, 2.05) is 9.80 Å². The third kappa shape index (κ3) is 4.32. The third-order valence-electron chi connectivity index (χ3n) is 7.36. The second kappa shape index (κ2) is 8.85. The van der Waals surface area contributed by atoms with E-state index < -0.39 is 4.92 Å². The molecule has 2 unspecified atom stereocenters. The number of hydrogen-bond donors (Lipinski definition) is 2. The molecular weight excluding hydrogens is 414 g/mol. The van der Waals surface area contributed by atoms with Crippen LogP contribution in [0.25, 0.3) is 0 Å². The number of amides is 3. The van der Waals surface area contributed by atoms with Gasteiger partial charge in [-0.05, 0) is 37.7 Å². The molecular formula is C22H29N5O5. The standard InChI is InChI=1S/C22H29N5O5/c23-20(29)16-4-9-26(18(13-16)15-2-1-3-17(12-15)27(31)32)14-19(28)25-10-6-22(7-11-25)5-8-24-21(22)30/h1-3,12,16,18H,4-11,13-14H2,(H2,23,29)(H,24,30). The molecule has 3 amide bonds. The summed E-state index contributed by atoms with van der Waals surface area (Å²) in [4.78, 5) is 51.7. The van der Waals surface area contributed by atoms with Gasteiger partial charge < -0.3 is 16.0 Å². The molecule has 3 aliphatic heterocycles. The zero-order chi connectivity index (χ0) is 22.9. The van der Waals surface area contributed by atoms with Crippen molar-refractivity contribution in [2.24, 2.45) is 17.1 Å². The molecule has 1 aromatic carbocycles. The number of carbonyl (C=O) groups excluding carboxylic acids is 3. The van der Waals surface area contributed by atoms with Gasteiger partial charge in [0.05, 0.1) is 16.9 Å². The number of nitrogens with one attached hydrogen (secondary N) is 1. The highest BCUT2D eigenvalue weighted by Crippen LogP contribution is 2.39. The molecule has 10 nitrogen and oxygen atoms in total. The van der Waals surface area contributed by atoms with Crippen LogP contribution in [0.1, 0.15) is 43.7 Å². The average molecular weight is 444 g/mol. The van der Waals surface area contributed by atoms with Crippen LogP contribution in [0, 0.1) is 21.4 Å². The molecule has 10 heteroatoms. The van der Waals surface area contributed by atoms with Gasteiger partial charge in [0.2, 0.25) is 17.7 Å². The van der Waals surface area contributed by atoms with Crippen LogP contribution in [-0.4, -0.2) is 65.2 Å². The minimum absolute atomic E-state index is 0.0220. The van der Waals surface area contributed by atoms with Crippen molar-refractivity contribution >= 4 is 23.4 Å². The molecule has 2 atom stereocenters. The smallest absolute Gasteiger partial charge is 0.269 e. The van der Waals surface area contributed by atoms with Crippen LogP contribution in [0.3, 0.4) is 0 Å². The van der Waals surface area contributed by atoms with E-state index >= 15 is 0 Å². The number of nitrogens with zero attached hydrogens (tertiary/aromatic N) is 3. The van der Waals surface area contributed by atoms with Crippen LogP contribution in [0.2, 0.25) is 0 Å². The van der Waals surface area contributed by atoms with Crippen molar-refractivity contribution in [2.45, 2.75) is 38.1 Å². The highest BCUT2D eigenvalue weighted by atomic mass is 16.6. The molecule has 1 spiro atoms. The van der Waals surface area contributed by atoms with Gasteiger partial charge in [-0.15, -0.1) is 0 Å². The lowest BCUT2D eigenvalue weighted by Crippen LogP contribution is -2.50. The molecule has 0 radical (unpaired) electrons. The molecule has 3 fully saturated rings. The Kier molecular flexibility index (Phi) is 6.14. The number of nitrogens with two attached hydrogens (primary N) is 1. The van der Waals surface area contributed by atoms with Crippen LogP contribution in [-0.2, 0) is 14.4 Å². The molecule has 3 heterocycles. The predicted octanol–water partition coefficient (Wildman–Crippen LogP) is 0.962. The first kappa shape index (κ1) is 22.2. The molecule has 0 bridgehead atoms. The minimum atomic E-state index is -0.448. The number of benzene rings is 1. The normalized spacial score (nSPS) is 25.5. The van der Waals surface area contributed by atoms with Crippen molar-refractivity contribution in [3.8, 4) is 0 Å². The molecule has 3 saturated heterocycles. The van der Waals surface area contributed by atoms with E-state index in [1.54, 1.807) is 12.1 Å². The fourth-order valence-electron chi connectivity index (χ4n) is 5.31. The number of likely N-dealkylation sites (tertiary alicyclic amines) is 2. The molecule has 1 aromatic rings. The predicted molar refractivity (Wildman–Crippen MR) is 115 cm³/mol. The summed E-state index contributed by atoms with van der Waals surface area (Å²) in [6.07, 6.45) is 3.14. The Morgan fingerprint density at radius 2 is 1.97 bits per heavy atom. The highest BCUT2D eigenvalue weighted by Gasteiger charge is 2.45. The van der Waals surface area contributed by atoms with Crippen LogP contribution < -0.4 is 11.1 Å². The van der Waals surface area contributed by atoms with Gasteiger partial charge >= 0.3 is 0 Å². The molecule has 4 rings (SSSR count). The summed E-state index contributed by atoms with van der Waals surface area (Å²) < 4.78 is 0. The number of primary amides is 1. The van der Waals surface area contributed by atoms with E-state index in [1.165, 1.54) is 12.1 Å². The van der Waals surface area contributed by atoms with Crippen LogP contribution in [0.15, 0.2) is 24.3 Å². The topological polar surface area (TPSA) is 139 Å². The average Bonchev–Trinajstić information content (AvgIpc) is 3.13. The summed E-state index contributed by atoms with van der Waals surface area (Å²) in [5.41, 5.74) is 5.90. The van der Waals surface area contributed by atoms with Crippen molar-refractivity contribution in [2.75, 3.05) is 32.7 Å². The Morgan fingerprint density at radius 1 is 1.22 bits per heavy atom. The first-order valence-corrected chi connectivity index (χ1v) is 11.1. The number of piperidine rings is 2. The van der Waals surface area contributed by atoms with E-state index in [4.69, 9.17) is 5.73 Å².